The van der Waals surface area contributed by atoms with Gasteiger partial charge in [0.25, 0.3) is 0 Å². The van der Waals surface area contributed by atoms with Crippen LogP contribution in [0.4, 0.5) is 0 Å². The van der Waals surface area contributed by atoms with Crippen molar-refractivity contribution < 1.29 is 0 Å². The van der Waals surface area contributed by atoms with E-state index in [4.69, 9.17) is 5.73 Å². The molecule has 0 aromatic heterocycles. The van der Waals surface area contributed by atoms with Crippen LogP contribution >= 0.6 is 0 Å². The van der Waals surface area contributed by atoms with Gasteiger partial charge in [0.05, 0.1) is 0 Å². The van der Waals surface area contributed by atoms with Crippen LogP contribution in [0.3, 0.4) is 0 Å². The third-order valence-electron chi connectivity index (χ3n) is 2.60. The van der Waals surface area contributed by atoms with E-state index in [2.05, 4.69) is 49.3 Å². The molecule has 0 amide bonds. The molecular weight excluding hydrogens is 229 g/mol. The monoisotopic (exact) mass is 251 g/mol. The Kier molecular flexibility index (Phi) is 9.93. The van der Waals surface area contributed by atoms with Crippen molar-refractivity contribution in [2.75, 3.05) is 0 Å². The SMILES string of the molecule is C#C.CB=C(N)Cc1ccc(C/C=C\C=C/C)cc1. The molecule has 0 radical (unpaired) electrons. The number of nitrogens with two attached hydrogens (primary N) is 1. The molecule has 1 nitrogen and oxygen atoms in total. The Morgan fingerprint density at radius 1 is 1.16 bits per heavy atom. The topological polar surface area (TPSA) is 26.0 Å². The minimum atomic E-state index is 0.838. The van der Waals surface area contributed by atoms with E-state index in [0.717, 1.165) is 18.4 Å². The Morgan fingerprint density at radius 2 is 1.74 bits per heavy atom. The average molecular weight is 251 g/mol. The molecule has 0 bridgehead atoms. The van der Waals surface area contributed by atoms with Crippen LogP contribution in [0.2, 0.25) is 6.82 Å². The van der Waals surface area contributed by atoms with Crippen molar-refractivity contribution in [2.24, 2.45) is 5.73 Å². The summed E-state index contributed by atoms with van der Waals surface area (Å²) in [5.41, 5.74) is 9.31. The fraction of sp³-hybridized carbons (Fsp3) is 0.235. The zero-order valence-corrected chi connectivity index (χ0v) is 11.8. The number of rotatable bonds is 5. The van der Waals surface area contributed by atoms with E-state index in [-0.39, 0.29) is 0 Å². The molecule has 0 heterocycles. The second kappa shape index (κ2) is 11.1. The summed E-state index contributed by atoms with van der Waals surface area (Å²) >= 11 is 0. The fourth-order valence-corrected chi connectivity index (χ4v) is 1.52. The number of terminal acetylenes is 1. The van der Waals surface area contributed by atoms with Crippen LogP contribution in [0.15, 0.2) is 48.6 Å². The number of hydrogen-bond acceptors (Lipinski definition) is 1. The molecule has 0 atom stereocenters. The Bertz CT molecular complexity index is 450. The van der Waals surface area contributed by atoms with Gasteiger partial charge in [0, 0.05) is 0 Å². The van der Waals surface area contributed by atoms with Crippen molar-refractivity contribution in [2.45, 2.75) is 26.6 Å². The average Bonchev–Trinajstić information content (AvgIpc) is 2.47. The molecule has 0 fully saturated rings. The van der Waals surface area contributed by atoms with Crippen molar-refractivity contribution in [3.05, 3.63) is 59.7 Å². The Morgan fingerprint density at radius 3 is 2.26 bits per heavy atom. The van der Waals surface area contributed by atoms with Crippen molar-refractivity contribution >= 4 is 12.5 Å². The summed E-state index contributed by atoms with van der Waals surface area (Å²) in [7, 11) is 0. The van der Waals surface area contributed by atoms with Gasteiger partial charge in [-0.1, -0.05) is 0 Å². The molecule has 0 unspecified atom stereocenters. The summed E-state index contributed by atoms with van der Waals surface area (Å²) in [6.07, 6.45) is 18.1. The second-order valence-electron chi connectivity index (χ2n) is 4.01. The van der Waals surface area contributed by atoms with Crippen LogP contribution in [0.1, 0.15) is 18.1 Å². The molecule has 2 heteroatoms. The van der Waals surface area contributed by atoms with Gasteiger partial charge in [0.1, 0.15) is 0 Å². The van der Waals surface area contributed by atoms with Gasteiger partial charge in [-0.2, -0.15) is 0 Å². The first kappa shape index (κ1) is 17.0. The molecule has 0 saturated heterocycles. The maximum absolute atomic E-state index is 5.80. The molecule has 0 saturated carbocycles. The molecule has 19 heavy (non-hydrogen) atoms. The molecule has 0 aliphatic carbocycles. The first-order valence-corrected chi connectivity index (χ1v) is 6.36. The first-order valence-electron chi connectivity index (χ1n) is 6.36. The minimum absolute atomic E-state index is 0.838. The van der Waals surface area contributed by atoms with Crippen molar-refractivity contribution in [3.63, 3.8) is 0 Å². The van der Waals surface area contributed by atoms with E-state index >= 15 is 0 Å². The van der Waals surface area contributed by atoms with Gasteiger partial charge in [-0.05, 0) is 0 Å². The van der Waals surface area contributed by atoms with Gasteiger partial charge in [0.15, 0.2) is 0 Å². The molecule has 0 aliphatic rings. The van der Waals surface area contributed by atoms with Gasteiger partial charge < -0.3 is 0 Å². The number of allylic oxidation sites excluding steroid dienone is 4. The summed E-state index contributed by atoms with van der Waals surface area (Å²) < 4.78 is 0. The molecule has 0 spiro atoms. The third-order valence-corrected chi connectivity index (χ3v) is 2.60. The first-order chi connectivity index (χ1) is 9.26. The summed E-state index contributed by atoms with van der Waals surface area (Å²) in [5.74, 6) is 0. The van der Waals surface area contributed by atoms with Crippen molar-refractivity contribution in [1.82, 2.24) is 0 Å². The predicted molar refractivity (Wildman–Crippen MR) is 88.5 cm³/mol. The van der Waals surface area contributed by atoms with Crippen molar-refractivity contribution in [3.8, 4) is 12.8 Å². The zero-order valence-electron chi connectivity index (χ0n) is 11.8. The van der Waals surface area contributed by atoms with Gasteiger partial charge in [-0.3, -0.25) is 0 Å². The summed E-state index contributed by atoms with van der Waals surface area (Å²) in [6.45, 7) is 5.94. The van der Waals surface area contributed by atoms with E-state index in [1.807, 2.05) is 32.8 Å². The van der Waals surface area contributed by atoms with Crippen LogP contribution < -0.4 is 5.73 Å². The summed E-state index contributed by atoms with van der Waals surface area (Å²) in [5, 5.41) is 0. The summed E-state index contributed by atoms with van der Waals surface area (Å²) in [6, 6.07) is 8.63. The van der Waals surface area contributed by atoms with Gasteiger partial charge in [-0.15, -0.1) is 12.8 Å². The van der Waals surface area contributed by atoms with E-state index in [9.17, 15) is 0 Å². The maximum atomic E-state index is 5.80. The van der Waals surface area contributed by atoms with E-state index < -0.39 is 0 Å². The molecule has 98 valence electrons. The van der Waals surface area contributed by atoms with Crippen LogP contribution in [-0.4, -0.2) is 12.5 Å². The summed E-state index contributed by atoms with van der Waals surface area (Å²) in [4.78, 5) is 0. The standard InChI is InChI=1S/C15H20BN.C2H2/c1-3-4-5-6-7-13-8-10-14(11-9-13)12-15(17)16-2;1-2/h3-6,8-11H,7,12,17H2,1-2H3;1-2H/b4-3-,6-5-;. The van der Waals surface area contributed by atoms with Crippen LogP contribution in [0.5, 0.6) is 0 Å². The molecule has 2 N–H and O–H groups in total. The molecule has 1 aromatic carbocycles. The predicted octanol–water partition coefficient (Wildman–Crippen LogP) is 2.99. The normalized spacial score (nSPS) is 11.1. The Balaban J connectivity index is 0.00000154. The molecule has 1 rings (SSSR count). The van der Waals surface area contributed by atoms with Crippen LogP contribution in [0, 0.1) is 12.8 Å². The Hall–Kier alpha value is -2.01. The fourth-order valence-electron chi connectivity index (χ4n) is 1.52. The van der Waals surface area contributed by atoms with E-state index in [0.29, 0.717) is 0 Å². The van der Waals surface area contributed by atoms with Gasteiger partial charge in [0.2, 0.25) is 0 Å². The van der Waals surface area contributed by atoms with Gasteiger partial charge >= 0.3 is 105 Å². The molecule has 1 aromatic rings. The Labute approximate surface area is 118 Å². The molecule has 0 aliphatic heterocycles. The van der Waals surface area contributed by atoms with E-state index in [1.165, 1.54) is 11.1 Å². The second-order valence-corrected chi connectivity index (χ2v) is 4.01. The van der Waals surface area contributed by atoms with E-state index in [1.54, 1.807) is 0 Å². The quantitative estimate of drug-likeness (QED) is 0.486. The third kappa shape index (κ3) is 7.84. The number of hydrogen-bond donors (Lipinski definition) is 1. The van der Waals surface area contributed by atoms with Crippen LogP contribution in [-0.2, 0) is 12.8 Å². The number of benzene rings is 1. The van der Waals surface area contributed by atoms with Crippen molar-refractivity contribution in [1.29, 1.82) is 0 Å². The van der Waals surface area contributed by atoms with Crippen LogP contribution in [0.25, 0.3) is 0 Å². The molecular formula is C17H22BN. The van der Waals surface area contributed by atoms with Gasteiger partial charge in [-0.25, -0.2) is 0 Å². The zero-order chi connectivity index (χ0) is 14.5.